The van der Waals surface area contributed by atoms with Gasteiger partial charge < -0.3 is 10.2 Å². The summed E-state index contributed by atoms with van der Waals surface area (Å²) in [4.78, 5) is 13.7. The van der Waals surface area contributed by atoms with E-state index in [2.05, 4.69) is 21.2 Å². The Labute approximate surface area is 114 Å². The van der Waals surface area contributed by atoms with Crippen molar-refractivity contribution in [3.8, 4) is 0 Å². The van der Waals surface area contributed by atoms with Crippen molar-refractivity contribution in [2.45, 2.75) is 12.8 Å². The molecule has 1 aromatic rings. The van der Waals surface area contributed by atoms with Crippen LogP contribution in [0.5, 0.6) is 0 Å². The number of rotatable bonds is 3. The zero-order chi connectivity index (χ0) is 12.3. The van der Waals surface area contributed by atoms with Crippen molar-refractivity contribution in [1.82, 2.24) is 4.90 Å². The second-order valence-corrected chi connectivity index (χ2v) is 5.24. The Morgan fingerprint density at radius 2 is 2.12 bits per heavy atom. The number of carbonyl (C=O) groups is 1. The maximum absolute atomic E-state index is 11.8. The number of amides is 1. The van der Waals surface area contributed by atoms with Crippen LogP contribution in [0.25, 0.3) is 0 Å². The summed E-state index contributed by atoms with van der Waals surface area (Å²) in [6, 6.07) is 5.56. The predicted octanol–water partition coefficient (Wildman–Crippen LogP) is 3.14. The van der Waals surface area contributed by atoms with E-state index in [9.17, 15) is 4.79 Å². The first-order chi connectivity index (χ1) is 8.18. The van der Waals surface area contributed by atoms with E-state index < -0.39 is 0 Å². The second kappa shape index (κ2) is 5.74. The van der Waals surface area contributed by atoms with E-state index in [0.29, 0.717) is 11.6 Å². The summed E-state index contributed by atoms with van der Waals surface area (Å²) >= 11 is 9.37. The average Bonchev–Trinajstić information content (AvgIpc) is 2.84. The maximum Gasteiger partial charge on any atom is 0.241 e. The summed E-state index contributed by atoms with van der Waals surface area (Å²) in [6.45, 7) is 2.09. The van der Waals surface area contributed by atoms with E-state index in [4.69, 9.17) is 11.6 Å². The fourth-order valence-electron chi connectivity index (χ4n) is 1.89. The van der Waals surface area contributed by atoms with Gasteiger partial charge in [-0.15, -0.1) is 0 Å². The average molecular weight is 318 g/mol. The SMILES string of the molecule is O=C(CNc1cccc(Cl)c1Br)N1CCCC1. The maximum atomic E-state index is 11.8. The third-order valence-corrected chi connectivity index (χ3v) is 4.24. The molecule has 1 N–H and O–H groups in total. The third-order valence-electron chi connectivity index (χ3n) is 2.84. The smallest absolute Gasteiger partial charge is 0.241 e. The molecule has 0 spiro atoms. The lowest BCUT2D eigenvalue weighted by atomic mass is 10.3. The van der Waals surface area contributed by atoms with Gasteiger partial charge >= 0.3 is 0 Å². The number of carbonyl (C=O) groups excluding carboxylic acids is 1. The Hall–Kier alpha value is -0.740. The van der Waals surface area contributed by atoms with Crippen LogP contribution in [0, 0.1) is 0 Å². The molecule has 1 aliphatic rings. The van der Waals surface area contributed by atoms with Crippen LogP contribution in [0.15, 0.2) is 22.7 Å². The van der Waals surface area contributed by atoms with E-state index >= 15 is 0 Å². The van der Waals surface area contributed by atoms with Crippen molar-refractivity contribution in [1.29, 1.82) is 0 Å². The Balaban J connectivity index is 1.93. The van der Waals surface area contributed by atoms with Crippen molar-refractivity contribution in [2.24, 2.45) is 0 Å². The van der Waals surface area contributed by atoms with Crippen LogP contribution in [-0.2, 0) is 4.79 Å². The van der Waals surface area contributed by atoms with E-state index in [1.54, 1.807) is 6.07 Å². The highest BCUT2D eigenvalue weighted by atomic mass is 79.9. The molecule has 17 heavy (non-hydrogen) atoms. The molecule has 1 heterocycles. The van der Waals surface area contributed by atoms with Crippen molar-refractivity contribution in [2.75, 3.05) is 25.0 Å². The zero-order valence-electron chi connectivity index (χ0n) is 9.38. The van der Waals surface area contributed by atoms with Gasteiger partial charge in [0.2, 0.25) is 5.91 Å². The van der Waals surface area contributed by atoms with Gasteiger partial charge in [-0.05, 0) is 40.9 Å². The minimum Gasteiger partial charge on any atom is -0.375 e. The number of halogens is 2. The number of nitrogens with one attached hydrogen (secondary N) is 1. The highest BCUT2D eigenvalue weighted by Gasteiger charge is 2.17. The molecule has 1 fully saturated rings. The molecule has 1 amide bonds. The Bertz CT molecular complexity index is 419. The monoisotopic (exact) mass is 316 g/mol. The van der Waals surface area contributed by atoms with Gasteiger partial charge in [0.25, 0.3) is 0 Å². The molecule has 3 nitrogen and oxygen atoms in total. The van der Waals surface area contributed by atoms with E-state index in [1.807, 2.05) is 17.0 Å². The van der Waals surface area contributed by atoms with Gasteiger partial charge in [0, 0.05) is 13.1 Å². The topological polar surface area (TPSA) is 32.3 Å². The van der Waals surface area contributed by atoms with Crippen LogP contribution in [0.3, 0.4) is 0 Å². The molecule has 5 heteroatoms. The Morgan fingerprint density at radius 3 is 2.82 bits per heavy atom. The van der Waals surface area contributed by atoms with Gasteiger partial charge in [0.15, 0.2) is 0 Å². The molecule has 0 bridgehead atoms. The molecular weight excluding hydrogens is 304 g/mol. The van der Waals surface area contributed by atoms with Crippen molar-refractivity contribution in [3.63, 3.8) is 0 Å². The summed E-state index contributed by atoms with van der Waals surface area (Å²) in [6.07, 6.45) is 2.24. The quantitative estimate of drug-likeness (QED) is 0.929. The van der Waals surface area contributed by atoms with Gasteiger partial charge in [-0.25, -0.2) is 0 Å². The number of hydrogen-bond donors (Lipinski definition) is 1. The molecular formula is C12H14BrClN2O. The van der Waals surface area contributed by atoms with Crippen LogP contribution >= 0.6 is 27.5 Å². The van der Waals surface area contributed by atoms with Gasteiger partial charge in [-0.1, -0.05) is 17.7 Å². The number of likely N-dealkylation sites (tertiary alicyclic amines) is 1. The first-order valence-corrected chi connectivity index (χ1v) is 6.81. The number of hydrogen-bond acceptors (Lipinski definition) is 2. The first kappa shape index (κ1) is 12.7. The second-order valence-electron chi connectivity index (χ2n) is 4.04. The van der Waals surface area contributed by atoms with E-state index in [-0.39, 0.29) is 5.91 Å². The summed E-state index contributed by atoms with van der Waals surface area (Å²) < 4.78 is 0.802. The molecule has 0 saturated carbocycles. The Kier molecular flexibility index (Phi) is 4.29. The van der Waals surface area contributed by atoms with Crippen LogP contribution in [0.1, 0.15) is 12.8 Å². The lowest BCUT2D eigenvalue weighted by molar-refractivity contribution is -0.128. The lowest BCUT2D eigenvalue weighted by Gasteiger charge is -2.16. The molecule has 0 aliphatic carbocycles. The molecule has 0 aromatic heterocycles. The lowest BCUT2D eigenvalue weighted by Crippen LogP contribution is -2.33. The molecule has 2 rings (SSSR count). The molecule has 1 saturated heterocycles. The van der Waals surface area contributed by atoms with Gasteiger partial charge in [-0.2, -0.15) is 0 Å². The summed E-state index contributed by atoms with van der Waals surface area (Å²) in [7, 11) is 0. The van der Waals surface area contributed by atoms with Crippen LogP contribution in [0.2, 0.25) is 5.02 Å². The van der Waals surface area contributed by atoms with Crippen molar-refractivity contribution >= 4 is 39.1 Å². The molecule has 1 aromatic carbocycles. The fourth-order valence-corrected chi connectivity index (χ4v) is 2.47. The van der Waals surface area contributed by atoms with Crippen molar-refractivity contribution < 1.29 is 4.79 Å². The predicted molar refractivity (Wildman–Crippen MR) is 73.5 cm³/mol. The fraction of sp³-hybridized carbons (Fsp3) is 0.417. The molecule has 92 valence electrons. The normalized spacial score (nSPS) is 15.1. The standard InChI is InChI=1S/C12H14BrClN2O/c13-12-9(14)4-3-5-10(12)15-8-11(17)16-6-1-2-7-16/h3-5,15H,1-2,6-8H2. The summed E-state index contributed by atoms with van der Waals surface area (Å²) in [5, 5.41) is 3.75. The highest BCUT2D eigenvalue weighted by Crippen LogP contribution is 2.29. The highest BCUT2D eigenvalue weighted by molar-refractivity contribution is 9.10. The van der Waals surface area contributed by atoms with Gasteiger partial charge in [-0.3, -0.25) is 4.79 Å². The minimum absolute atomic E-state index is 0.148. The summed E-state index contributed by atoms with van der Waals surface area (Å²) in [5.41, 5.74) is 0.852. The van der Waals surface area contributed by atoms with E-state index in [1.165, 1.54) is 0 Å². The number of nitrogens with zero attached hydrogens (tertiary/aromatic N) is 1. The van der Waals surface area contributed by atoms with Crippen LogP contribution in [-0.4, -0.2) is 30.4 Å². The summed E-state index contributed by atoms with van der Waals surface area (Å²) in [5.74, 6) is 0.148. The molecule has 1 aliphatic heterocycles. The molecule has 0 atom stereocenters. The minimum atomic E-state index is 0.148. The Morgan fingerprint density at radius 1 is 1.41 bits per heavy atom. The zero-order valence-corrected chi connectivity index (χ0v) is 11.7. The molecule has 0 unspecified atom stereocenters. The first-order valence-electron chi connectivity index (χ1n) is 5.64. The third kappa shape index (κ3) is 3.13. The van der Waals surface area contributed by atoms with Crippen LogP contribution in [0.4, 0.5) is 5.69 Å². The van der Waals surface area contributed by atoms with E-state index in [0.717, 1.165) is 36.1 Å². The van der Waals surface area contributed by atoms with Crippen LogP contribution < -0.4 is 5.32 Å². The van der Waals surface area contributed by atoms with Crippen molar-refractivity contribution in [3.05, 3.63) is 27.7 Å². The molecule has 0 radical (unpaired) electrons. The number of anilines is 1. The number of benzene rings is 1. The van der Waals surface area contributed by atoms with Gasteiger partial charge in [0.1, 0.15) is 0 Å². The largest absolute Gasteiger partial charge is 0.375 e. The van der Waals surface area contributed by atoms with Gasteiger partial charge in [0.05, 0.1) is 21.7 Å².